The quantitative estimate of drug-likeness (QED) is 0.433. The third kappa shape index (κ3) is 5.49. The van der Waals surface area contributed by atoms with Gasteiger partial charge in [0.05, 0.1) is 16.3 Å². The number of alkyl halides is 3. The lowest BCUT2D eigenvalue weighted by molar-refractivity contribution is -0.137. The van der Waals surface area contributed by atoms with Crippen molar-refractivity contribution < 1.29 is 17.6 Å². The van der Waals surface area contributed by atoms with Gasteiger partial charge in [-0.3, -0.25) is 0 Å². The van der Waals surface area contributed by atoms with Crippen molar-refractivity contribution in [1.29, 1.82) is 0 Å². The van der Waals surface area contributed by atoms with Gasteiger partial charge < -0.3 is 19.6 Å². The molecule has 7 nitrogen and oxygen atoms in total. The van der Waals surface area contributed by atoms with Crippen LogP contribution >= 0.6 is 11.6 Å². The van der Waals surface area contributed by atoms with Crippen molar-refractivity contribution >= 4 is 29.2 Å². The maximum atomic E-state index is 13.8. The van der Waals surface area contributed by atoms with E-state index in [2.05, 4.69) is 28.8 Å². The van der Waals surface area contributed by atoms with Crippen LogP contribution in [0.25, 0.3) is 11.3 Å². The van der Waals surface area contributed by atoms with Crippen LogP contribution in [0.5, 0.6) is 0 Å². The molecule has 0 aliphatic carbocycles. The topological polar surface area (TPSA) is 51.6 Å². The molecule has 2 aliphatic heterocycles. The number of likely N-dealkylation sites (N-methyl/N-ethyl adjacent to an activating group) is 1. The number of piperazine rings is 2. The molecule has 5 rings (SSSR count). The maximum absolute atomic E-state index is 13.8. The standard InChI is InChI=1S/C26H28ClF4N7/c1-17-16-38(9-8-35(17)2)25-33-22(18-5-6-21(28)20(27)14-18)15-23(34-25)36-10-12-37(13-11-36)24-19(26(29,30)31)4-3-7-32-24/h3-7,14-15,17H,8-13,16H2,1-2H3. The summed E-state index contributed by atoms with van der Waals surface area (Å²) in [7, 11) is 2.08. The van der Waals surface area contributed by atoms with Crippen LogP contribution in [0.4, 0.5) is 35.1 Å². The number of pyridine rings is 1. The molecule has 0 N–H and O–H groups in total. The summed E-state index contributed by atoms with van der Waals surface area (Å²) in [5.74, 6) is 0.649. The van der Waals surface area contributed by atoms with Crippen molar-refractivity contribution in [3.63, 3.8) is 0 Å². The zero-order valence-electron chi connectivity index (χ0n) is 21.1. The molecule has 0 amide bonds. The molecule has 4 heterocycles. The molecular weight excluding hydrogens is 522 g/mol. The van der Waals surface area contributed by atoms with Crippen LogP contribution in [0.15, 0.2) is 42.6 Å². The van der Waals surface area contributed by atoms with E-state index in [0.29, 0.717) is 55.2 Å². The number of nitrogens with zero attached hydrogens (tertiary/aromatic N) is 7. The Kier molecular flexibility index (Phi) is 7.32. The molecule has 2 aromatic heterocycles. The van der Waals surface area contributed by atoms with Gasteiger partial charge in [0.1, 0.15) is 17.5 Å². The van der Waals surface area contributed by atoms with E-state index in [1.807, 2.05) is 11.0 Å². The van der Waals surface area contributed by atoms with E-state index >= 15 is 0 Å². The van der Waals surface area contributed by atoms with Crippen molar-refractivity contribution in [3.05, 3.63) is 59.0 Å². The zero-order valence-corrected chi connectivity index (χ0v) is 21.8. The maximum Gasteiger partial charge on any atom is 0.419 e. The summed E-state index contributed by atoms with van der Waals surface area (Å²) in [4.78, 5) is 21.8. The van der Waals surface area contributed by atoms with Crippen molar-refractivity contribution in [2.75, 3.05) is 67.6 Å². The molecule has 1 unspecified atom stereocenters. The highest BCUT2D eigenvalue weighted by atomic mass is 35.5. The van der Waals surface area contributed by atoms with Gasteiger partial charge in [-0.2, -0.15) is 18.2 Å². The summed E-state index contributed by atoms with van der Waals surface area (Å²) in [6, 6.07) is 8.96. The van der Waals surface area contributed by atoms with E-state index in [9.17, 15) is 17.6 Å². The Morgan fingerprint density at radius 3 is 2.32 bits per heavy atom. The smallest absolute Gasteiger partial charge is 0.353 e. The van der Waals surface area contributed by atoms with E-state index in [-0.39, 0.29) is 10.8 Å². The molecule has 2 fully saturated rings. The van der Waals surface area contributed by atoms with E-state index in [4.69, 9.17) is 21.6 Å². The summed E-state index contributed by atoms with van der Waals surface area (Å²) in [5.41, 5.74) is 0.521. The molecule has 0 spiro atoms. The molecule has 38 heavy (non-hydrogen) atoms. The Bertz CT molecular complexity index is 1300. The molecule has 12 heteroatoms. The number of hydrogen-bond donors (Lipinski definition) is 0. The molecule has 0 saturated carbocycles. The summed E-state index contributed by atoms with van der Waals surface area (Å²) in [5, 5.41) is 0.00174. The second kappa shape index (κ2) is 10.5. The van der Waals surface area contributed by atoms with Gasteiger partial charge in [-0.15, -0.1) is 0 Å². The third-order valence-corrected chi connectivity index (χ3v) is 7.44. The fourth-order valence-corrected chi connectivity index (χ4v) is 4.96. The van der Waals surface area contributed by atoms with Gasteiger partial charge in [0, 0.05) is 69.7 Å². The highest BCUT2D eigenvalue weighted by Gasteiger charge is 2.36. The molecule has 1 aromatic carbocycles. The zero-order chi connectivity index (χ0) is 27.0. The van der Waals surface area contributed by atoms with Gasteiger partial charge in [0.2, 0.25) is 5.95 Å². The average Bonchev–Trinajstić information content (AvgIpc) is 2.91. The number of hydrogen-bond acceptors (Lipinski definition) is 7. The van der Waals surface area contributed by atoms with Gasteiger partial charge in [0.15, 0.2) is 0 Å². The Balaban J connectivity index is 1.44. The lowest BCUT2D eigenvalue weighted by Crippen LogP contribution is -2.51. The first-order chi connectivity index (χ1) is 18.1. The predicted molar refractivity (Wildman–Crippen MR) is 140 cm³/mol. The van der Waals surface area contributed by atoms with Crippen LogP contribution in [0.3, 0.4) is 0 Å². The molecule has 3 aromatic rings. The van der Waals surface area contributed by atoms with Crippen LogP contribution < -0.4 is 14.7 Å². The molecule has 2 aliphatic rings. The fourth-order valence-electron chi connectivity index (χ4n) is 4.78. The van der Waals surface area contributed by atoms with Gasteiger partial charge in [-0.1, -0.05) is 11.6 Å². The van der Waals surface area contributed by atoms with Crippen LogP contribution in [0.1, 0.15) is 12.5 Å². The van der Waals surface area contributed by atoms with Crippen molar-refractivity contribution in [3.8, 4) is 11.3 Å². The van der Waals surface area contributed by atoms with E-state index < -0.39 is 17.6 Å². The SMILES string of the molecule is CC1CN(c2nc(-c3ccc(F)c(Cl)c3)cc(N3CCN(c4ncccc4C(F)(F)F)CC3)n2)CCN1C. The number of rotatable bonds is 4. The summed E-state index contributed by atoms with van der Waals surface area (Å²) in [6.45, 7) is 6.10. The van der Waals surface area contributed by atoms with Crippen molar-refractivity contribution in [1.82, 2.24) is 19.9 Å². The normalized spacial score (nSPS) is 19.2. The van der Waals surface area contributed by atoms with Crippen LogP contribution in [0.2, 0.25) is 5.02 Å². The first-order valence-electron chi connectivity index (χ1n) is 12.4. The first kappa shape index (κ1) is 26.4. The van der Waals surface area contributed by atoms with Crippen molar-refractivity contribution in [2.45, 2.75) is 19.1 Å². The minimum atomic E-state index is -4.48. The molecule has 1 atom stereocenters. The Morgan fingerprint density at radius 1 is 0.921 bits per heavy atom. The molecule has 2 saturated heterocycles. The Labute approximate surface area is 223 Å². The predicted octanol–water partition coefficient (Wildman–Crippen LogP) is 4.82. The van der Waals surface area contributed by atoms with E-state index in [0.717, 1.165) is 25.7 Å². The summed E-state index contributed by atoms with van der Waals surface area (Å²) in [6.07, 6.45) is -3.10. The minimum Gasteiger partial charge on any atom is -0.353 e. The van der Waals surface area contributed by atoms with Crippen LogP contribution in [-0.4, -0.2) is 78.8 Å². The lowest BCUT2D eigenvalue weighted by Gasteiger charge is -2.39. The number of aromatic nitrogens is 3. The number of benzene rings is 1. The van der Waals surface area contributed by atoms with Gasteiger partial charge >= 0.3 is 6.18 Å². The van der Waals surface area contributed by atoms with E-state index in [1.165, 1.54) is 24.4 Å². The van der Waals surface area contributed by atoms with E-state index in [1.54, 1.807) is 11.0 Å². The first-order valence-corrected chi connectivity index (χ1v) is 12.8. The lowest BCUT2D eigenvalue weighted by atomic mass is 10.1. The van der Waals surface area contributed by atoms with Gasteiger partial charge in [-0.25, -0.2) is 14.4 Å². The second-order valence-corrected chi connectivity index (χ2v) is 10.1. The van der Waals surface area contributed by atoms with Crippen LogP contribution in [-0.2, 0) is 6.18 Å². The molecule has 0 bridgehead atoms. The number of anilines is 3. The average molecular weight is 550 g/mol. The molecule has 202 valence electrons. The highest BCUT2D eigenvalue weighted by Crippen LogP contribution is 2.36. The van der Waals surface area contributed by atoms with Crippen molar-refractivity contribution in [2.24, 2.45) is 0 Å². The van der Waals surface area contributed by atoms with Crippen LogP contribution in [0, 0.1) is 5.82 Å². The minimum absolute atomic E-state index is 0.00174. The number of halogens is 5. The Morgan fingerprint density at radius 2 is 1.63 bits per heavy atom. The molecular formula is C26H28ClF4N7. The van der Waals surface area contributed by atoms with Gasteiger partial charge in [-0.05, 0) is 44.3 Å². The third-order valence-electron chi connectivity index (χ3n) is 7.15. The fraction of sp³-hybridized carbons (Fsp3) is 0.423. The summed E-state index contributed by atoms with van der Waals surface area (Å²) >= 11 is 6.06. The molecule has 0 radical (unpaired) electrons. The Hall–Kier alpha value is -3.18. The monoisotopic (exact) mass is 549 g/mol. The van der Waals surface area contributed by atoms with Gasteiger partial charge in [0.25, 0.3) is 0 Å². The summed E-state index contributed by atoms with van der Waals surface area (Å²) < 4.78 is 54.5. The highest BCUT2D eigenvalue weighted by molar-refractivity contribution is 6.31. The second-order valence-electron chi connectivity index (χ2n) is 9.66. The largest absolute Gasteiger partial charge is 0.419 e.